The number of amides is 2. The number of carbonyl (C=O) groups excluding carboxylic acids is 2. The Morgan fingerprint density at radius 3 is 2.43 bits per heavy atom. The molecule has 0 unspecified atom stereocenters. The normalized spacial score (nSPS) is 10.8. The number of fused-ring (bicyclic) bond motifs is 1. The zero-order valence-electron chi connectivity index (χ0n) is 17.1. The molecule has 150 valence electrons. The third-order valence-electron chi connectivity index (χ3n) is 5.03. The Kier molecular flexibility index (Phi) is 5.06. The van der Waals surface area contributed by atoms with Gasteiger partial charge in [-0.25, -0.2) is 4.98 Å². The first-order valence-corrected chi connectivity index (χ1v) is 9.64. The predicted octanol–water partition coefficient (Wildman–Crippen LogP) is 4.48. The lowest BCUT2D eigenvalue weighted by atomic mass is 10.1. The second kappa shape index (κ2) is 7.83. The SMILES string of the molecule is Cc1ccc(NC(=O)c2nc(C(=O)N(C)c3ccccc3)n3ccccc23)c(C)c1. The van der Waals surface area contributed by atoms with Crippen LogP contribution in [0, 0.1) is 13.8 Å². The maximum Gasteiger partial charge on any atom is 0.294 e. The van der Waals surface area contributed by atoms with Crippen LogP contribution in [-0.2, 0) is 0 Å². The van der Waals surface area contributed by atoms with E-state index in [9.17, 15) is 9.59 Å². The Morgan fingerprint density at radius 2 is 1.70 bits per heavy atom. The molecule has 0 radical (unpaired) electrons. The summed E-state index contributed by atoms with van der Waals surface area (Å²) in [6, 6.07) is 20.5. The summed E-state index contributed by atoms with van der Waals surface area (Å²) in [5.74, 6) is -0.470. The van der Waals surface area contributed by atoms with Crippen molar-refractivity contribution in [3.63, 3.8) is 0 Å². The first kappa shape index (κ1) is 19.4. The van der Waals surface area contributed by atoms with E-state index < -0.39 is 0 Å². The van der Waals surface area contributed by atoms with Crippen molar-refractivity contribution in [2.75, 3.05) is 17.3 Å². The fourth-order valence-corrected chi connectivity index (χ4v) is 3.41. The van der Waals surface area contributed by atoms with Gasteiger partial charge in [-0.1, -0.05) is 42.0 Å². The highest BCUT2D eigenvalue weighted by atomic mass is 16.2. The summed E-state index contributed by atoms with van der Waals surface area (Å²) >= 11 is 0. The summed E-state index contributed by atoms with van der Waals surface area (Å²) in [4.78, 5) is 32.1. The van der Waals surface area contributed by atoms with Crippen molar-refractivity contribution >= 4 is 28.7 Å². The van der Waals surface area contributed by atoms with E-state index in [1.165, 1.54) is 4.90 Å². The molecule has 4 rings (SSSR count). The molecule has 0 saturated carbocycles. The van der Waals surface area contributed by atoms with E-state index in [0.29, 0.717) is 5.52 Å². The number of benzene rings is 2. The smallest absolute Gasteiger partial charge is 0.294 e. The zero-order valence-corrected chi connectivity index (χ0v) is 17.1. The van der Waals surface area contributed by atoms with Crippen LogP contribution in [0.2, 0.25) is 0 Å². The fourth-order valence-electron chi connectivity index (χ4n) is 3.41. The first-order chi connectivity index (χ1) is 14.5. The number of carbonyl (C=O) groups is 2. The minimum atomic E-state index is -0.355. The molecular weight excluding hydrogens is 376 g/mol. The van der Waals surface area contributed by atoms with Gasteiger partial charge in [-0.2, -0.15) is 0 Å². The van der Waals surface area contributed by atoms with E-state index in [4.69, 9.17) is 0 Å². The zero-order chi connectivity index (χ0) is 21.3. The highest BCUT2D eigenvalue weighted by Crippen LogP contribution is 2.21. The van der Waals surface area contributed by atoms with E-state index >= 15 is 0 Å². The Hall–Kier alpha value is -3.93. The van der Waals surface area contributed by atoms with Gasteiger partial charge in [-0.05, 0) is 49.7 Å². The van der Waals surface area contributed by atoms with Crippen LogP contribution in [0.1, 0.15) is 32.2 Å². The third kappa shape index (κ3) is 3.55. The summed E-state index contributed by atoms with van der Waals surface area (Å²) < 4.78 is 1.65. The summed E-state index contributed by atoms with van der Waals surface area (Å²) in [7, 11) is 1.69. The molecule has 0 aliphatic carbocycles. The molecule has 0 fully saturated rings. The maximum absolute atomic E-state index is 13.2. The molecule has 6 heteroatoms. The Balaban J connectivity index is 1.72. The predicted molar refractivity (Wildman–Crippen MR) is 118 cm³/mol. The van der Waals surface area contributed by atoms with Crippen molar-refractivity contribution in [1.29, 1.82) is 0 Å². The van der Waals surface area contributed by atoms with Gasteiger partial charge in [0.25, 0.3) is 11.8 Å². The number of nitrogens with zero attached hydrogens (tertiary/aromatic N) is 3. The molecule has 2 aromatic carbocycles. The molecule has 6 nitrogen and oxygen atoms in total. The largest absolute Gasteiger partial charge is 0.320 e. The molecular formula is C24H22N4O2. The number of aromatic nitrogens is 2. The molecule has 0 aliphatic rings. The second-order valence-electron chi connectivity index (χ2n) is 7.21. The molecule has 2 aromatic heterocycles. The lowest BCUT2D eigenvalue weighted by Gasteiger charge is -2.16. The monoisotopic (exact) mass is 398 g/mol. The number of aryl methyl sites for hydroxylation is 2. The summed E-state index contributed by atoms with van der Waals surface area (Å²) in [6.45, 7) is 3.94. The van der Waals surface area contributed by atoms with E-state index in [-0.39, 0.29) is 23.3 Å². The fraction of sp³-hybridized carbons (Fsp3) is 0.125. The van der Waals surface area contributed by atoms with Crippen molar-refractivity contribution < 1.29 is 9.59 Å². The number of pyridine rings is 1. The minimum absolute atomic E-state index is 0.183. The molecule has 0 spiro atoms. The van der Waals surface area contributed by atoms with Crippen LogP contribution < -0.4 is 10.2 Å². The molecule has 1 N–H and O–H groups in total. The van der Waals surface area contributed by atoms with Gasteiger partial charge in [-0.3, -0.25) is 14.0 Å². The van der Waals surface area contributed by atoms with Crippen molar-refractivity contribution in [3.8, 4) is 0 Å². The highest BCUT2D eigenvalue weighted by Gasteiger charge is 2.24. The lowest BCUT2D eigenvalue weighted by molar-refractivity contribution is 0.0982. The molecule has 0 saturated heterocycles. The lowest BCUT2D eigenvalue weighted by Crippen LogP contribution is -2.28. The molecule has 2 heterocycles. The summed E-state index contributed by atoms with van der Waals surface area (Å²) in [6.07, 6.45) is 1.74. The van der Waals surface area contributed by atoms with Gasteiger partial charge in [0.05, 0.1) is 5.52 Å². The van der Waals surface area contributed by atoms with Crippen molar-refractivity contribution in [1.82, 2.24) is 9.38 Å². The number of para-hydroxylation sites is 1. The van der Waals surface area contributed by atoms with Crippen LogP contribution in [0.15, 0.2) is 72.9 Å². The second-order valence-corrected chi connectivity index (χ2v) is 7.21. The molecule has 0 aliphatic heterocycles. The minimum Gasteiger partial charge on any atom is -0.320 e. The maximum atomic E-state index is 13.2. The number of nitrogens with one attached hydrogen (secondary N) is 1. The quantitative estimate of drug-likeness (QED) is 0.551. The van der Waals surface area contributed by atoms with E-state index in [1.807, 2.05) is 68.4 Å². The number of imidazole rings is 1. The van der Waals surface area contributed by atoms with Gasteiger partial charge in [0.2, 0.25) is 5.82 Å². The third-order valence-corrected chi connectivity index (χ3v) is 5.03. The number of hydrogen-bond donors (Lipinski definition) is 1. The van der Waals surface area contributed by atoms with Crippen LogP contribution in [0.25, 0.3) is 5.52 Å². The molecule has 30 heavy (non-hydrogen) atoms. The van der Waals surface area contributed by atoms with Crippen LogP contribution in [-0.4, -0.2) is 28.2 Å². The van der Waals surface area contributed by atoms with Gasteiger partial charge in [0.15, 0.2) is 5.69 Å². The highest BCUT2D eigenvalue weighted by molar-refractivity contribution is 6.10. The van der Waals surface area contributed by atoms with Gasteiger partial charge in [0.1, 0.15) is 0 Å². The molecule has 2 amide bonds. The standard InChI is InChI=1S/C24H22N4O2/c1-16-12-13-19(17(2)15-16)25-23(29)21-20-11-7-8-14-28(20)22(26-21)24(30)27(3)18-9-5-4-6-10-18/h4-15H,1-3H3,(H,25,29). The van der Waals surface area contributed by atoms with Crippen LogP contribution in [0.5, 0.6) is 0 Å². The Bertz CT molecular complexity index is 1240. The number of anilines is 2. The molecule has 0 atom stereocenters. The van der Waals surface area contributed by atoms with Gasteiger partial charge < -0.3 is 10.2 Å². The first-order valence-electron chi connectivity index (χ1n) is 9.64. The Labute approximate surface area is 174 Å². The van der Waals surface area contributed by atoms with Crippen LogP contribution in [0.4, 0.5) is 11.4 Å². The number of rotatable bonds is 4. The van der Waals surface area contributed by atoms with Gasteiger partial charge >= 0.3 is 0 Å². The summed E-state index contributed by atoms with van der Waals surface area (Å²) in [5, 5.41) is 2.92. The number of hydrogen-bond acceptors (Lipinski definition) is 3. The van der Waals surface area contributed by atoms with Gasteiger partial charge in [0, 0.05) is 24.6 Å². The molecule has 4 aromatic rings. The van der Waals surface area contributed by atoms with E-state index in [0.717, 1.165) is 22.5 Å². The molecule has 0 bridgehead atoms. The van der Waals surface area contributed by atoms with Crippen LogP contribution >= 0.6 is 0 Å². The van der Waals surface area contributed by atoms with E-state index in [2.05, 4.69) is 10.3 Å². The van der Waals surface area contributed by atoms with Gasteiger partial charge in [-0.15, -0.1) is 0 Å². The average molecular weight is 398 g/mol. The topological polar surface area (TPSA) is 66.7 Å². The summed E-state index contributed by atoms with van der Waals surface area (Å²) in [5.41, 5.74) is 4.33. The Morgan fingerprint density at radius 1 is 0.967 bits per heavy atom. The van der Waals surface area contributed by atoms with Crippen molar-refractivity contribution in [2.45, 2.75) is 13.8 Å². The average Bonchev–Trinajstić information content (AvgIpc) is 3.15. The van der Waals surface area contributed by atoms with Crippen molar-refractivity contribution in [3.05, 3.63) is 95.6 Å². The van der Waals surface area contributed by atoms with Crippen LogP contribution in [0.3, 0.4) is 0 Å². The van der Waals surface area contributed by atoms with E-state index in [1.54, 1.807) is 29.8 Å². The van der Waals surface area contributed by atoms with Crippen molar-refractivity contribution in [2.24, 2.45) is 0 Å².